The van der Waals surface area contributed by atoms with Gasteiger partial charge in [-0.15, -0.1) is 0 Å². The highest BCUT2D eigenvalue weighted by Gasteiger charge is 2.16. The summed E-state index contributed by atoms with van der Waals surface area (Å²) in [4.78, 5) is 2.25. The number of rotatable bonds is 9. The van der Waals surface area contributed by atoms with Crippen LogP contribution in [0, 0.1) is 11.3 Å². The lowest BCUT2D eigenvalue weighted by molar-refractivity contribution is 0.668. The zero-order chi connectivity index (χ0) is 15.7. The number of nitriles is 1. The first-order valence-electron chi connectivity index (χ1n) is 7.63. The minimum Gasteiger partial charge on any atom is -0.370 e. The molecule has 0 aliphatic rings. The maximum atomic E-state index is 9.45. The van der Waals surface area contributed by atoms with Gasteiger partial charge in [0.25, 0.3) is 0 Å². The van der Waals surface area contributed by atoms with E-state index < -0.39 is 0 Å². The van der Waals surface area contributed by atoms with Crippen LogP contribution in [-0.4, -0.2) is 31.6 Å². The van der Waals surface area contributed by atoms with Crippen molar-refractivity contribution in [3.05, 3.63) is 29.3 Å². The fraction of sp³-hybridized carbons (Fsp3) is 0.588. The molecular formula is C17H27N3S. The van der Waals surface area contributed by atoms with Crippen molar-refractivity contribution >= 4 is 17.4 Å². The second-order valence-corrected chi connectivity index (χ2v) is 6.18. The van der Waals surface area contributed by atoms with Crippen LogP contribution in [0.5, 0.6) is 0 Å². The van der Waals surface area contributed by atoms with E-state index in [1.165, 1.54) is 5.56 Å². The number of anilines is 1. The number of nitrogens with one attached hydrogen (secondary N) is 1. The topological polar surface area (TPSA) is 39.1 Å². The molecule has 0 aliphatic carbocycles. The van der Waals surface area contributed by atoms with E-state index in [1.807, 2.05) is 17.8 Å². The molecule has 0 heterocycles. The minimum absolute atomic E-state index is 0.469. The summed E-state index contributed by atoms with van der Waals surface area (Å²) in [6, 6.07) is 9.05. The Labute approximate surface area is 133 Å². The van der Waals surface area contributed by atoms with Crippen LogP contribution >= 0.6 is 11.8 Å². The largest absolute Gasteiger partial charge is 0.370 e. The molecule has 0 spiro atoms. The van der Waals surface area contributed by atoms with Gasteiger partial charge in [0.1, 0.15) is 6.07 Å². The highest BCUT2D eigenvalue weighted by molar-refractivity contribution is 7.98. The van der Waals surface area contributed by atoms with Gasteiger partial charge in [-0.1, -0.05) is 19.9 Å². The van der Waals surface area contributed by atoms with Crippen LogP contribution in [0.25, 0.3) is 0 Å². The monoisotopic (exact) mass is 305 g/mol. The zero-order valence-corrected chi connectivity index (χ0v) is 14.5. The van der Waals surface area contributed by atoms with Crippen molar-refractivity contribution in [3.8, 4) is 6.07 Å². The maximum absolute atomic E-state index is 9.45. The van der Waals surface area contributed by atoms with Crippen molar-refractivity contribution in [2.75, 3.05) is 30.5 Å². The molecule has 0 bridgehead atoms. The van der Waals surface area contributed by atoms with E-state index >= 15 is 0 Å². The molecule has 21 heavy (non-hydrogen) atoms. The Balaban J connectivity index is 2.90. The van der Waals surface area contributed by atoms with Crippen LogP contribution in [0.1, 0.15) is 37.8 Å². The van der Waals surface area contributed by atoms with Crippen molar-refractivity contribution in [3.63, 3.8) is 0 Å². The molecule has 1 aromatic carbocycles. The van der Waals surface area contributed by atoms with Crippen molar-refractivity contribution < 1.29 is 0 Å². The summed E-state index contributed by atoms with van der Waals surface area (Å²) in [5.41, 5.74) is 2.99. The third-order valence-electron chi connectivity index (χ3n) is 3.70. The van der Waals surface area contributed by atoms with E-state index in [0.29, 0.717) is 6.04 Å². The maximum Gasteiger partial charge on any atom is 0.101 e. The van der Waals surface area contributed by atoms with Gasteiger partial charge in [0, 0.05) is 25.4 Å². The Hall–Kier alpha value is -1.18. The van der Waals surface area contributed by atoms with Crippen LogP contribution in [0.15, 0.2) is 18.2 Å². The third kappa shape index (κ3) is 5.26. The predicted molar refractivity (Wildman–Crippen MR) is 94.0 cm³/mol. The Morgan fingerprint density at radius 2 is 2.14 bits per heavy atom. The van der Waals surface area contributed by atoms with Gasteiger partial charge in [-0.2, -0.15) is 17.0 Å². The number of hydrogen-bond donors (Lipinski definition) is 1. The number of thioether (sulfide) groups is 1. The van der Waals surface area contributed by atoms with Crippen LogP contribution < -0.4 is 10.2 Å². The molecule has 0 saturated carbocycles. The van der Waals surface area contributed by atoms with E-state index in [0.717, 1.165) is 42.9 Å². The van der Waals surface area contributed by atoms with Gasteiger partial charge in [0.05, 0.1) is 11.3 Å². The number of hydrogen-bond acceptors (Lipinski definition) is 4. The Kier molecular flexibility index (Phi) is 8.26. The van der Waals surface area contributed by atoms with E-state index in [-0.39, 0.29) is 0 Å². The SMILES string of the molecule is CCCNCc1ccc(N(C)C(CC)CSC)c(C#N)c1. The molecule has 1 unspecified atom stereocenters. The summed E-state index contributed by atoms with van der Waals surface area (Å²) in [7, 11) is 2.09. The molecular weight excluding hydrogens is 278 g/mol. The van der Waals surface area contributed by atoms with Crippen LogP contribution in [0.2, 0.25) is 0 Å². The normalized spacial score (nSPS) is 12.0. The van der Waals surface area contributed by atoms with Crippen molar-refractivity contribution in [1.29, 1.82) is 5.26 Å². The fourth-order valence-electron chi connectivity index (χ4n) is 2.39. The van der Waals surface area contributed by atoms with E-state index in [9.17, 15) is 5.26 Å². The van der Waals surface area contributed by atoms with E-state index in [1.54, 1.807) is 0 Å². The van der Waals surface area contributed by atoms with E-state index in [4.69, 9.17) is 0 Å². The lowest BCUT2D eigenvalue weighted by Gasteiger charge is -2.29. The summed E-state index contributed by atoms with van der Waals surface area (Å²) in [6.45, 7) is 6.19. The average molecular weight is 305 g/mol. The molecule has 1 aromatic rings. The molecule has 0 fully saturated rings. The smallest absolute Gasteiger partial charge is 0.101 e. The molecule has 0 saturated heterocycles. The molecule has 116 valence electrons. The van der Waals surface area contributed by atoms with E-state index in [2.05, 4.69) is 55.6 Å². The quantitative estimate of drug-likeness (QED) is 0.707. The molecule has 0 aromatic heterocycles. The number of benzene rings is 1. The molecule has 1 atom stereocenters. The van der Waals surface area contributed by atoms with Crippen molar-refractivity contribution in [2.45, 2.75) is 39.3 Å². The minimum atomic E-state index is 0.469. The first-order valence-corrected chi connectivity index (χ1v) is 9.02. The highest BCUT2D eigenvalue weighted by atomic mass is 32.2. The predicted octanol–water partition coefficient (Wildman–Crippen LogP) is 3.64. The molecule has 0 aliphatic heterocycles. The molecule has 1 N–H and O–H groups in total. The van der Waals surface area contributed by atoms with Gasteiger partial charge in [-0.25, -0.2) is 0 Å². The second-order valence-electron chi connectivity index (χ2n) is 5.27. The zero-order valence-electron chi connectivity index (χ0n) is 13.6. The summed E-state index contributed by atoms with van der Waals surface area (Å²) in [5, 5.41) is 12.8. The van der Waals surface area contributed by atoms with Gasteiger partial charge in [-0.05, 0) is 43.3 Å². The van der Waals surface area contributed by atoms with Gasteiger partial charge < -0.3 is 10.2 Å². The Bertz CT molecular complexity index is 468. The molecule has 0 amide bonds. The summed E-state index contributed by atoms with van der Waals surface area (Å²) in [6.07, 6.45) is 4.34. The average Bonchev–Trinajstić information content (AvgIpc) is 2.52. The van der Waals surface area contributed by atoms with Crippen LogP contribution in [0.4, 0.5) is 5.69 Å². The first-order chi connectivity index (χ1) is 10.2. The van der Waals surface area contributed by atoms with Crippen molar-refractivity contribution in [1.82, 2.24) is 5.32 Å². The highest BCUT2D eigenvalue weighted by Crippen LogP contribution is 2.24. The second kappa shape index (κ2) is 9.70. The molecule has 0 radical (unpaired) electrons. The summed E-state index contributed by atoms with van der Waals surface area (Å²) in [5.74, 6) is 1.08. The lowest BCUT2D eigenvalue weighted by atomic mass is 10.1. The van der Waals surface area contributed by atoms with Gasteiger partial charge in [-0.3, -0.25) is 0 Å². The number of nitrogens with zero attached hydrogens (tertiary/aromatic N) is 2. The Morgan fingerprint density at radius 1 is 1.38 bits per heavy atom. The van der Waals surface area contributed by atoms with Gasteiger partial charge in [0.2, 0.25) is 0 Å². The standard InChI is InChI=1S/C17H27N3S/c1-5-9-19-12-14-7-8-17(15(10-14)11-18)20(3)16(6-2)13-21-4/h7-8,10,16,19H,5-6,9,12-13H2,1-4H3. The molecule has 3 nitrogen and oxygen atoms in total. The van der Waals surface area contributed by atoms with Gasteiger partial charge >= 0.3 is 0 Å². The van der Waals surface area contributed by atoms with Crippen molar-refractivity contribution in [2.24, 2.45) is 0 Å². The summed E-state index contributed by atoms with van der Waals surface area (Å²) >= 11 is 1.85. The molecule has 1 rings (SSSR count). The third-order valence-corrected chi connectivity index (χ3v) is 4.41. The molecule has 4 heteroatoms. The first kappa shape index (κ1) is 17.9. The summed E-state index contributed by atoms with van der Waals surface area (Å²) < 4.78 is 0. The lowest BCUT2D eigenvalue weighted by Crippen LogP contribution is -2.33. The van der Waals surface area contributed by atoms with Crippen LogP contribution in [0.3, 0.4) is 0 Å². The fourth-order valence-corrected chi connectivity index (χ4v) is 3.24. The van der Waals surface area contributed by atoms with Crippen LogP contribution in [-0.2, 0) is 6.54 Å². The Morgan fingerprint density at radius 3 is 2.71 bits per heavy atom. The van der Waals surface area contributed by atoms with Gasteiger partial charge in [0.15, 0.2) is 0 Å².